The Balaban J connectivity index is 1.71. The van der Waals surface area contributed by atoms with Crippen LogP contribution in [-0.2, 0) is 23.4 Å². The highest BCUT2D eigenvalue weighted by atomic mass is 35.5. The fourth-order valence-corrected chi connectivity index (χ4v) is 3.40. The Morgan fingerprint density at radius 3 is 2.54 bits per heavy atom. The summed E-state index contributed by atoms with van der Waals surface area (Å²) in [4.78, 5) is 25.0. The number of nitrogens with one attached hydrogen (secondary N) is 1. The zero-order valence-corrected chi connectivity index (χ0v) is 19.3. The molecule has 1 fully saturated rings. The number of amides is 1. The number of halogens is 6. The third-order valence-corrected chi connectivity index (χ3v) is 5.30. The number of rotatable bonds is 9. The predicted octanol–water partition coefficient (Wildman–Crippen LogP) is 5.02. The molecule has 1 aromatic heterocycles. The van der Waals surface area contributed by atoms with E-state index in [-0.39, 0.29) is 11.9 Å². The van der Waals surface area contributed by atoms with Crippen LogP contribution in [0.1, 0.15) is 42.8 Å². The molecule has 188 valence electrons. The van der Waals surface area contributed by atoms with E-state index in [1.54, 1.807) is 37.3 Å². The number of carbonyl (C=O) groups excluding carboxylic acids is 1. The van der Waals surface area contributed by atoms with Gasteiger partial charge in [0, 0.05) is 16.6 Å². The van der Waals surface area contributed by atoms with Crippen LogP contribution in [0.5, 0.6) is 0 Å². The largest absolute Gasteiger partial charge is 0.416 e. The van der Waals surface area contributed by atoms with Crippen molar-refractivity contribution < 1.29 is 26.7 Å². The zero-order valence-electron chi connectivity index (χ0n) is 18.5. The Morgan fingerprint density at radius 2 is 1.91 bits per heavy atom. The van der Waals surface area contributed by atoms with E-state index in [4.69, 9.17) is 11.6 Å². The topological polar surface area (TPSA) is 68.9 Å². The van der Waals surface area contributed by atoms with E-state index in [1.807, 2.05) is 5.32 Å². The predicted molar refractivity (Wildman–Crippen MR) is 121 cm³/mol. The molecule has 1 saturated carbocycles. The van der Waals surface area contributed by atoms with Crippen LogP contribution in [0, 0.1) is 0 Å². The molecule has 1 aromatic carbocycles. The summed E-state index contributed by atoms with van der Waals surface area (Å²) in [5, 5.41) is 6.53. The second-order valence-electron chi connectivity index (χ2n) is 7.87. The Bertz CT molecular complexity index is 1220. The Morgan fingerprint density at radius 1 is 1.23 bits per heavy atom. The van der Waals surface area contributed by atoms with Crippen LogP contribution in [-0.4, -0.2) is 26.8 Å². The first-order valence-corrected chi connectivity index (χ1v) is 11.0. The molecule has 0 aliphatic heterocycles. The summed E-state index contributed by atoms with van der Waals surface area (Å²) in [5.41, 5.74) is -2.68. The molecular formula is C23H22ClF5N4O2. The highest BCUT2D eigenvalue weighted by Gasteiger charge is 2.36. The smallest absolute Gasteiger partial charge is 0.348 e. The molecule has 1 N–H and O–H groups in total. The first kappa shape index (κ1) is 26.4. The number of hydrogen-bond donors (Lipinski definition) is 1. The zero-order chi connectivity index (χ0) is 25.8. The van der Waals surface area contributed by atoms with Crippen molar-refractivity contribution in [3.05, 3.63) is 81.0 Å². The quantitative estimate of drug-likeness (QED) is 0.376. The Labute approximate surface area is 202 Å². The number of carbonyl (C=O) groups is 1. The normalized spacial score (nSPS) is 15.3. The van der Waals surface area contributed by atoms with E-state index in [9.17, 15) is 31.5 Å². The summed E-state index contributed by atoms with van der Waals surface area (Å²) in [6.45, 7) is -0.0770. The molecule has 3 rings (SSSR count). The van der Waals surface area contributed by atoms with E-state index in [2.05, 4.69) is 5.10 Å². The summed E-state index contributed by atoms with van der Waals surface area (Å²) in [7, 11) is 0. The highest BCUT2D eigenvalue weighted by Crippen LogP contribution is 2.35. The van der Waals surface area contributed by atoms with E-state index in [0.29, 0.717) is 17.2 Å². The molecule has 1 aliphatic carbocycles. The van der Waals surface area contributed by atoms with Gasteiger partial charge in [0.25, 0.3) is 5.92 Å². The maximum atomic E-state index is 14.4. The van der Waals surface area contributed by atoms with E-state index < -0.39 is 47.9 Å². The molecular weight excluding hydrogens is 495 g/mol. The molecule has 0 spiro atoms. The number of benzene rings is 1. The van der Waals surface area contributed by atoms with Crippen molar-refractivity contribution >= 4 is 23.6 Å². The highest BCUT2D eigenvalue weighted by molar-refractivity contribution is 6.31. The van der Waals surface area contributed by atoms with Crippen molar-refractivity contribution in [2.24, 2.45) is 0 Å². The van der Waals surface area contributed by atoms with E-state index in [1.165, 1.54) is 4.57 Å². The van der Waals surface area contributed by atoms with Crippen molar-refractivity contribution in [3.8, 4) is 0 Å². The lowest BCUT2D eigenvalue weighted by Crippen LogP contribution is -2.39. The van der Waals surface area contributed by atoms with Crippen LogP contribution in [0.15, 0.2) is 58.4 Å². The minimum atomic E-state index is -4.78. The number of hydrogen-bond acceptors (Lipinski definition) is 3. The van der Waals surface area contributed by atoms with E-state index in [0.717, 1.165) is 29.7 Å². The molecule has 0 radical (unpaired) electrons. The number of alkyl halides is 5. The van der Waals surface area contributed by atoms with Gasteiger partial charge in [0.2, 0.25) is 5.91 Å². The summed E-state index contributed by atoms with van der Waals surface area (Å²) in [6.07, 6.45) is 4.87. The Hall–Kier alpha value is -3.21. The fraction of sp³-hybridized carbons (Fsp3) is 0.348. The minimum absolute atomic E-state index is 0.0702. The Kier molecular flexibility index (Phi) is 7.99. The third-order valence-electron chi connectivity index (χ3n) is 5.05. The van der Waals surface area contributed by atoms with Gasteiger partial charge < -0.3 is 5.32 Å². The van der Waals surface area contributed by atoms with Crippen molar-refractivity contribution in [1.29, 1.82) is 0 Å². The maximum absolute atomic E-state index is 14.4. The summed E-state index contributed by atoms with van der Waals surface area (Å²) in [5.74, 6) is -4.42. The molecule has 0 atom stereocenters. The average molecular weight is 517 g/mol. The van der Waals surface area contributed by atoms with Gasteiger partial charge in [0.1, 0.15) is 6.54 Å². The van der Waals surface area contributed by atoms with Crippen molar-refractivity contribution in [2.75, 3.05) is 6.54 Å². The molecule has 1 amide bonds. The number of nitrogens with zero attached hydrogens (tertiary/aromatic N) is 3. The molecule has 0 unspecified atom stereocenters. The average Bonchev–Trinajstić information content (AvgIpc) is 3.57. The van der Waals surface area contributed by atoms with Crippen molar-refractivity contribution in [3.63, 3.8) is 0 Å². The summed E-state index contributed by atoms with van der Waals surface area (Å²) >= 11 is 5.97. The van der Waals surface area contributed by atoms with Crippen LogP contribution in [0.3, 0.4) is 0 Å². The molecule has 0 saturated heterocycles. The molecule has 6 nitrogen and oxygen atoms in total. The van der Waals surface area contributed by atoms with Crippen LogP contribution in [0.25, 0.3) is 6.08 Å². The first-order valence-electron chi connectivity index (χ1n) is 10.6. The van der Waals surface area contributed by atoms with Crippen LogP contribution in [0.2, 0.25) is 0 Å². The molecule has 0 bridgehead atoms. The standard InChI is InChI=1S/C23H22ClF5N4O2/c1-2-5-17(24)8-4-9-19-31-32(21(35)33(19)18-10-11-18)13-20(34)30-14-22(25,26)15-6-3-7-16(12-15)23(27,28)29/h2-9,12,18H,10-11,13-14H2,1H3,(H,30,34)/b5-2-,9-4+,17-8+. The number of allylic oxidation sites excluding steroid dienone is 5. The number of aromatic nitrogens is 3. The van der Waals surface area contributed by atoms with Gasteiger partial charge >= 0.3 is 11.9 Å². The van der Waals surface area contributed by atoms with Gasteiger partial charge in [-0.05, 0) is 50.1 Å². The van der Waals surface area contributed by atoms with Gasteiger partial charge in [-0.25, -0.2) is 9.48 Å². The molecule has 1 heterocycles. The van der Waals surface area contributed by atoms with Gasteiger partial charge in [-0.15, -0.1) is 5.10 Å². The lowest BCUT2D eigenvalue weighted by Gasteiger charge is -2.18. The first-order chi connectivity index (χ1) is 16.4. The fourth-order valence-electron chi connectivity index (χ4n) is 3.20. The third kappa shape index (κ3) is 6.91. The minimum Gasteiger partial charge on any atom is -0.348 e. The van der Waals surface area contributed by atoms with Crippen LogP contribution in [0.4, 0.5) is 22.0 Å². The van der Waals surface area contributed by atoms with Gasteiger partial charge in [0.15, 0.2) is 5.82 Å². The second kappa shape index (κ2) is 10.6. The SMILES string of the molecule is C\C=C/C(Cl)=C\C=C\c1nn(CC(=O)NCC(F)(F)c2cccc(C(F)(F)F)c2)c(=O)n1C1CC1. The molecule has 2 aromatic rings. The summed E-state index contributed by atoms with van der Waals surface area (Å²) in [6, 6.07) is 2.66. The maximum Gasteiger partial charge on any atom is 0.416 e. The molecule has 1 aliphatic rings. The van der Waals surface area contributed by atoms with Gasteiger partial charge in [-0.1, -0.05) is 35.9 Å². The molecule has 12 heteroatoms. The second-order valence-corrected chi connectivity index (χ2v) is 8.31. The van der Waals surface area contributed by atoms with Crippen LogP contribution >= 0.6 is 11.6 Å². The van der Waals surface area contributed by atoms with Gasteiger partial charge in [-0.3, -0.25) is 9.36 Å². The van der Waals surface area contributed by atoms with E-state index >= 15 is 0 Å². The molecule has 35 heavy (non-hydrogen) atoms. The van der Waals surface area contributed by atoms with Crippen molar-refractivity contribution in [1.82, 2.24) is 19.7 Å². The van der Waals surface area contributed by atoms with Gasteiger partial charge in [0.05, 0.1) is 12.1 Å². The lowest BCUT2D eigenvalue weighted by molar-refractivity contribution is -0.138. The van der Waals surface area contributed by atoms with Gasteiger partial charge in [-0.2, -0.15) is 22.0 Å². The van der Waals surface area contributed by atoms with Crippen molar-refractivity contribution in [2.45, 2.75) is 44.5 Å². The summed E-state index contributed by atoms with van der Waals surface area (Å²) < 4.78 is 69.6. The lowest BCUT2D eigenvalue weighted by atomic mass is 10.0. The van der Waals surface area contributed by atoms with Crippen LogP contribution < -0.4 is 11.0 Å². The monoisotopic (exact) mass is 516 g/mol.